The van der Waals surface area contributed by atoms with Crippen LogP contribution in [0, 0.1) is 13.8 Å². The van der Waals surface area contributed by atoms with Crippen molar-refractivity contribution in [1.29, 1.82) is 0 Å². The number of carbonyl (C=O) groups excluding carboxylic acids is 1. The van der Waals surface area contributed by atoms with Crippen LogP contribution in [0.4, 0.5) is 11.6 Å². The average molecular weight is 516 g/mol. The Morgan fingerprint density at radius 2 is 1.84 bits per heavy atom. The van der Waals surface area contributed by atoms with Crippen molar-refractivity contribution in [1.82, 2.24) is 39.7 Å². The van der Waals surface area contributed by atoms with Gasteiger partial charge in [-0.2, -0.15) is 5.10 Å². The Bertz CT molecular complexity index is 1470. The number of nitrogens with one attached hydrogen (secondary N) is 1. The number of aryl methyl sites for hydroxylation is 1. The van der Waals surface area contributed by atoms with Gasteiger partial charge in [-0.25, -0.2) is 15.0 Å². The third-order valence-electron chi connectivity index (χ3n) is 7.13. The first-order valence-electron chi connectivity index (χ1n) is 12.6. The van der Waals surface area contributed by atoms with E-state index in [4.69, 9.17) is 14.5 Å². The molecule has 1 N–H and O–H groups in total. The molecule has 0 aromatic carbocycles. The number of rotatable bonds is 8. The number of hydrogen-bond donors (Lipinski definition) is 1. The number of likely N-dealkylation sites (N-methyl/N-ethyl adjacent to an activating group) is 2. The highest BCUT2D eigenvalue weighted by Gasteiger charge is 2.45. The van der Waals surface area contributed by atoms with Gasteiger partial charge in [0.25, 0.3) is 0 Å². The van der Waals surface area contributed by atoms with Crippen molar-refractivity contribution >= 4 is 17.5 Å². The molecule has 0 radical (unpaired) electrons. The van der Waals surface area contributed by atoms with Crippen molar-refractivity contribution in [2.45, 2.75) is 39.2 Å². The molecule has 0 aliphatic carbocycles. The maximum atomic E-state index is 12.7. The fourth-order valence-corrected chi connectivity index (χ4v) is 4.69. The smallest absolute Gasteiger partial charge is 0.236 e. The summed E-state index contributed by atoms with van der Waals surface area (Å²) in [6, 6.07) is 9.30. The van der Waals surface area contributed by atoms with Crippen molar-refractivity contribution in [3.8, 4) is 22.8 Å². The van der Waals surface area contributed by atoms with Gasteiger partial charge < -0.3 is 19.6 Å². The summed E-state index contributed by atoms with van der Waals surface area (Å²) in [6.45, 7) is 8.30. The molecule has 1 aliphatic heterocycles. The number of likely N-dealkylation sites (tertiary alicyclic amines) is 1. The summed E-state index contributed by atoms with van der Waals surface area (Å²) in [5.74, 6) is 1.06. The van der Waals surface area contributed by atoms with E-state index in [9.17, 15) is 4.79 Å². The Morgan fingerprint density at radius 3 is 2.55 bits per heavy atom. The Balaban J connectivity index is 1.38. The van der Waals surface area contributed by atoms with Crippen LogP contribution in [0.5, 0.6) is 0 Å². The molecule has 0 saturated carbocycles. The highest BCUT2D eigenvalue weighted by Crippen LogP contribution is 2.36. The predicted molar refractivity (Wildman–Crippen MR) is 144 cm³/mol. The molecule has 38 heavy (non-hydrogen) atoms. The summed E-state index contributed by atoms with van der Waals surface area (Å²) in [6.07, 6.45) is 2.39. The molecule has 5 heterocycles. The topological polar surface area (TPSA) is 118 Å². The minimum absolute atomic E-state index is 0.0386. The molecule has 1 atom stereocenters. The molecule has 198 valence electrons. The van der Waals surface area contributed by atoms with Crippen LogP contribution >= 0.6 is 0 Å². The molecule has 1 saturated heterocycles. The Labute approximate surface area is 221 Å². The van der Waals surface area contributed by atoms with Crippen molar-refractivity contribution in [2.75, 3.05) is 39.5 Å². The van der Waals surface area contributed by atoms with Crippen LogP contribution in [0.25, 0.3) is 22.8 Å². The van der Waals surface area contributed by atoms with Crippen LogP contribution in [0.2, 0.25) is 0 Å². The Kier molecular flexibility index (Phi) is 6.70. The standard InChI is InChI=1S/C27H33N9O2/c1-17-24(18(2)36(32-17)15-14-34(4)5)31-26-28-12-10-21(30-26)19-8-7-9-20(29-19)22-16-23(38-33-22)27(3)11-13-35(6)25(27)37/h7-10,12,16H,11,13-15H2,1-6H3,(H,28,30,31)/t27-/m0/s1. The summed E-state index contributed by atoms with van der Waals surface area (Å²) in [5, 5.41) is 12.2. The molecule has 5 rings (SSSR count). The molecule has 11 nitrogen and oxygen atoms in total. The van der Waals surface area contributed by atoms with Gasteiger partial charge in [0.05, 0.1) is 40.7 Å². The molecular weight excluding hydrogens is 482 g/mol. The first kappa shape index (κ1) is 25.5. The van der Waals surface area contributed by atoms with E-state index in [0.717, 1.165) is 30.2 Å². The molecule has 4 aromatic rings. The molecule has 1 fully saturated rings. The first-order valence-corrected chi connectivity index (χ1v) is 12.6. The molecule has 1 amide bonds. The van der Waals surface area contributed by atoms with E-state index in [1.165, 1.54) is 0 Å². The maximum Gasteiger partial charge on any atom is 0.236 e. The van der Waals surface area contributed by atoms with E-state index in [-0.39, 0.29) is 5.91 Å². The van der Waals surface area contributed by atoms with Gasteiger partial charge >= 0.3 is 0 Å². The van der Waals surface area contributed by atoms with E-state index < -0.39 is 5.41 Å². The predicted octanol–water partition coefficient (Wildman–Crippen LogP) is 3.43. The molecule has 0 unspecified atom stereocenters. The van der Waals surface area contributed by atoms with E-state index in [1.54, 1.807) is 18.1 Å². The SMILES string of the molecule is Cc1nn(CCN(C)C)c(C)c1Nc1nccc(-c2cccc(-c3cc([C@]4(C)CCN(C)C4=O)on3)n2)n1. The highest BCUT2D eigenvalue weighted by molar-refractivity contribution is 5.89. The molecular formula is C27H33N9O2. The summed E-state index contributed by atoms with van der Waals surface area (Å²) in [4.78, 5) is 30.4. The van der Waals surface area contributed by atoms with Crippen LogP contribution < -0.4 is 5.32 Å². The van der Waals surface area contributed by atoms with Gasteiger partial charge in [0.15, 0.2) is 5.76 Å². The second-order valence-corrected chi connectivity index (χ2v) is 10.3. The maximum absolute atomic E-state index is 12.7. The van der Waals surface area contributed by atoms with Crippen LogP contribution in [-0.4, -0.2) is 79.8 Å². The van der Waals surface area contributed by atoms with Crippen LogP contribution in [0.3, 0.4) is 0 Å². The lowest BCUT2D eigenvalue weighted by Crippen LogP contribution is -2.33. The molecule has 0 bridgehead atoms. The van der Waals surface area contributed by atoms with Gasteiger partial charge in [0.2, 0.25) is 11.9 Å². The number of pyridine rings is 1. The number of carbonyl (C=O) groups is 1. The summed E-state index contributed by atoms with van der Waals surface area (Å²) in [7, 11) is 5.90. The van der Waals surface area contributed by atoms with Crippen molar-refractivity contribution < 1.29 is 9.32 Å². The third-order valence-corrected chi connectivity index (χ3v) is 7.13. The number of nitrogens with zero attached hydrogens (tertiary/aromatic N) is 8. The van der Waals surface area contributed by atoms with Crippen LogP contribution in [0.1, 0.15) is 30.5 Å². The van der Waals surface area contributed by atoms with E-state index >= 15 is 0 Å². The number of aromatic nitrogens is 6. The summed E-state index contributed by atoms with van der Waals surface area (Å²) >= 11 is 0. The first-order chi connectivity index (χ1) is 18.2. The van der Waals surface area contributed by atoms with Crippen LogP contribution in [0.15, 0.2) is 41.1 Å². The van der Waals surface area contributed by atoms with Gasteiger partial charge in [0.1, 0.15) is 11.1 Å². The minimum Gasteiger partial charge on any atom is -0.360 e. The third kappa shape index (κ3) is 4.76. The number of anilines is 2. The monoisotopic (exact) mass is 515 g/mol. The van der Waals surface area contributed by atoms with Crippen LogP contribution in [-0.2, 0) is 16.8 Å². The lowest BCUT2D eigenvalue weighted by atomic mass is 9.86. The zero-order chi connectivity index (χ0) is 27.0. The lowest BCUT2D eigenvalue weighted by Gasteiger charge is -2.17. The fourth-order valence-electron chi connectivity index (χ4n) is 4.69. The van der Waals surface area contributed by atoms with E-state index in [0.29, 0.717) is 47.4 Å². The average Bonchev–Trinajstić information content (AvgIpc) is 3.58. The largest absolute Gasteiger partial charge is 0.360 e. The molecule has 4 aromatic heterocycles. The van der Waals surface area contributed by atoms with Crippen molar-refractivity contribution in [3.05, 3.63) is 53.7 Å². The Morgan fingerprint density at radius 1 is 1.11 bits per heavy atom. The van der Waals surface area contributed by atoms with Gasteiger partial charge in [-0.3, -0.25) is 9.48 Å². The Hall–Kier alpha value is -4.12. The molecule has 0 spiro atoms. The van der Waals surface area contributed by atoms with E-state index in [1.807, 2.05) is 69.9 Å². The summed E-state index contributed by atoms with van der Waals surface area (Å²) in [5.41, 5.74) is 4.67. The normalized spacial score (nSPS) is 17.6. The number of hydrogen-bond acceptors (Lipinski definition) is 9. The highest BCUT2D eigenvalue weighted by atomic mass is 16.5. The van der Waals surface area contributed by atoms with Crippen molar-refractivity contribution in [2.24, 2.45) is 0 Å². The van der Waals surface area contributed by atoms with Gasteiger partial charge in [0, 0.05) is 32.4 Å². The quantitative estimate of drug-likeness (QED) is 0.376. The van der Waals surface area contributed by atoms with Gasteiger partial charge in [-0.15, -0.1) is 0 Å². The van der Waals surface area contributed by atoms with Gasteiger partial charge in [-0.1, -0.05) is 11.2 Å². The lowest BCUT2D eigenvalue weighted by molar-refractivity contribution is -0.131. The second-order valence-electron chi connectivity index (χ2n) is 10.3. The summed E-state index contributed by atoms with van der Waals surface area (Å²) < 4.78 is 7.62. The van der Waals surface area contributed by atoms with Gasteiger partial charge in [-0.05, 0) is 59.5 Å². The fraction of sp³-hybridized carbons (Fsp3) is 0.407. The van der Waals surface area contributed by atoms with E-state index in [2.05, 4.69) is 25.5 Å². The minimum atomic E-state index is -0.707. The zero-order valence-corrected chi connectivity index (χ0v) is 22.7. The second kappa shape index (κ2) is 9.97. The number of amides is 1. The molecule has 11 heteroatoms. The zero-order valence-electron chi connectivity index (χ0n) is 22.7. The molecule has 1 aliphatic rings. The van der Waals surface area contributed by atoms with Crippen molar-refractivity contribution in [3.63, 3.8) is 0 Å².